The maximum absolute atomic E-state index is 3.37. The molecule has 0 aromatic rings. The van der Waals surface area contributed by atoms with Crippen LogP contribution in [0.15, 0.2) is 0 Å². The van der Waals surface area contributed by atoms with Crippen molar-refractivity contribution in [2.24, 2.45) is 0 Å². The van der Waals surface area contributed by atoms with Gasteiger partial charge >= 0.3 is 0 Å². The zero-order chi connectivity index (χ0) is 9.61. The maximum atomic E-state index is 3.37. The molecule has 1 heterocycles. The Balaban J connectivity index is 0.000000561. The molecule has 0 bridgehead atoms. The van der Waals surface area contributed by atoms with Crippen LogP contribution in [0.25, 0.3) is 0 Å². The number of piperidine rings is 1. The van der Waals surface area contributed by atoms with Gasteiger partial charge in [0.1, 0.15) is 0 Å². The normalized spacial score (nSPS) is 30.8. The van der Waals surface area contributed by atoms with Gasteiger partial charge in [-0.15, -0.1) is 0 Å². The third-order valence-electron chi connectivity index (χ3n) is 2.49. The lowest BCUT2D eigenvalue weighted by Crippen LogP contribution is -2.52. The van der Waals surface area contributed by atoms with Gasteiger partial charge in [-0.25, -0.2) is 0 Å². The second kappa shape index (κ2) is 5.55. The van der Waals surface area contributed by atoms with Gasteiger partial charge in [-0.3, -0.25) is 0 Å². The van der Waals surface area contributed by atoms with Gasteiger partial charge in [-0.05, 0) is 40.4 Å². The summed E-state index contributed by atoms with van der Waals surface area (Å²) >= 11 is 0. The Kier molecular flexibility index (Phi) is 5.51. The molecule has 0 spiro atoms. The molecule has 0 saturated carbocycles. The first-order chi connectivity index (χ1) is 5.66. The Labute approximate surface area is 77.3 Å². The van der Waals surface area contributed by atoms with Gasteiger partial charge in [-0.1, -0.05) is 13.8 Å². The van der Waals surface area contributed by atoms with Crippen molar-refractivity contribution in [3.05, 3.63) is 0 Å². The number of hydrogen-bond donors (Lipinski definition) is 1. The number of nitrogens with one attached hydrogen (secondary N) is 1. The van der Waals surface area contributed by atoms with E-state index in [-0.39, 0.29) is 0 Å². The van der Waals surface area contributed by atoms with E-state index in [1.165, 1.54) is 25.9 Å². The van der Waals surface area contributed by atoms with Crippen LogP contribution in [-0.4, -0.2) is 37.6 Å². The average molecular weight is 172 g/mol. The molecular weight excluding hydrogens is 148 g/mol. The third kappa shape index (κ3) is 3.55. The van der Waals surface area contributed by atoms with E-state index < -0.39 is 0 Å². The molecule has 1 unspecified atom stereocenters. The van der Waals surface area contributed by atoms with E-state index in [0.29, 0.717) is 5.54 Å². The van der Waals surface area contributed by atoms with Crippen molar-refractivity contribution in [1.82, 2.24) is 10.2 Å². The fourth-order valence-electron chi connectivity index (χ4n) is 1.70. The SMILES string of the molecule is CC.CNC1(C)CCCN(C)C1. The van der Waals surface area contributed by atoms with Crippen molar-refractivity contribution in [3.8, 4) is 0 Å². The summed E-state index contributed by atoms with van der Waals surface area (Å²) in [5.74, 6) is 0. The predicted molar refractivity (Wildman–Crippen MR) is 55.5 cm³/mol. The molecule has 1 aliphatic heterocycles. The summed E-state index contributed by atoms with van der Waals surface area (Å²) in [7, 11) is 4.24. The van der Waals surface area contributed by atoms with Gasteiger partial charge in [0.15, 0.2) is 0 Å². The first kappa shape index (κ1) is 11.9. The van der Waals surface area contributed by atoms with Crippen molar-refractivity contribution in [3.63, 3.8) is 0 Å². The Morgan fingerprint density at radius 3 is 2.25 bits per heavy atom. The van der Waals surface area contributed by atoms with Crippen molar-refractivity contribution in [1.29, 1.82) is 0 Å². The summed E-state index contributed by atoms with van der Waals surface area (Å²) in [5, 5.41) is 3.37. The zero-order valence-electron chi connectivity index (χ0n) is 9.28. The van der Waals surface area contributed by atoms with E-state index in [4.69, 9.17) is 0 Å². The molecule has 74 valence electrons. The topological polar surface area (TPSA) is 15.3 Å². The molecule has 0 aromatic heterocycles. The number of likely N-dealkylation sites (tertiary alicyclic amines) is 1. The van der Waals surface area contributed by atoms with E-state index >= 15 is 0 Å². The molecule has 0 amide bonds. The number of hydrogen-bond acceptors (Lipinski definition) is 2. The van der Waals surface area contributed by atoms with Gasteiger partial charge in [0.05, 0.1) is 0 Å². The summed E-state index contributed by atoms with van der Waals surface area (Å²) in [5.41, 5.74) is 0.368. The van der Waals surface area contributed by atoms with Gasteiger partial charge in [0.25, 0.3) is 0 Å². The van der Waals surface area contributed by atoms with Crippen molar-refractivity contribution in [2.45, 2.75) is 39.2 Å². The van der Waals surface area contributed by atoms with E-state index in [0.717, 1.165) is 0 Å². The largest absolute Gasteiger partial charge is 0.313 e. The molecule has 1 saturated heterocycles. The molecule has 1 atom stereocenters. The van der Waals surface area contributed by atoms with Gasteiger partial charge in [0, 0.05) is 12.1 Å². The van der Waals surface area contributed by atoms with E-state index in [2.05, 4.69) is 31.2 Å². The number of nitrogens with zero attached hydrogens (tertiary/aromatic N) is 1. The van der Waals surface area contributed by atoms with E-state index in [1.807, 2.05) is 13.8 Å². The standard InChI is InChI=1S/C8H18N2.C2H6/c1-8(9-2)5-4-6-10(3)7-8;1-2/h9H,4-7H2,1-3H3;1-2H3. The van der Waals surface area contributed by atoms with E-state index in [1.54, 1.807) is 0 Å². The van der Waals surface area contributed by atoms with E-state index in [9.17, 15) is 0 Å². The highest BCUT2D eigenvalue weighted by atomic mass is 15.1. The molecule has 2 nitrogen and oxygen atoms in total. The van der Waals surface area contributed by atoms with Crippen LogP contribution >= 0.6 is 0 Å². The molecule has 1 aliphatic rings. The first-order valence-electron chi connectivity index (χ1n) is 5.04. The van der Waals surface area contributed by atoms with Crippen LogP contribution in [0.1, 0.15) is 33.6 Å². The minimum atomic E-state index is 0.368. The lowest BCUT2D eigenvalue weighted by atomic mass is 9.92. The zero-order valence-corrected chi connectivity index (χ0v) is 9.28. The Morgan fingerprint density at radius 1 is 1.33 bits per heavy atom. The summed E-state index contributed by atoms with van der Waals surface area (Å²) < 4.78 is 0. The van der Waals surface area contributed by atoms with Crippen LogP contribution in [0.2, 0.25) is 0 Å². The molecule has 12 heavy (non-hydrogen) atoms. The molecule has 2 heteroatoms. The number of rotatable bonds is 1. The van der Waals surface area contributed by atoms with Gasteiger partial charge in [0.2, 0.25) is 0 Å². The highest BCUT2D eigenvalue weighted by Crippen LogP contribution is 2.18. The van der Waals surface area contributed by atoms with Crippen LogP contribution in [0, 0.1) is 0 Å². The fraction of sp³-hybridized carbons (Fsp3) is 1.00. The van der Waals surface area contributed by atoms with Gasteiger partial charge < -0.3 is 10.2 Å². The highest BCUT2D eigenvalue weighted by molar-refractivity contribution is 4.88. The fourth-order valence-corrected chi connectivity index (χ4v) is 1.70. The summed E-state index contributed by atoms with van der Waals surface area (Å²) in [6, 6.07) is 0. The van der Waals surface area contributed by atoms with Crippen LogP contribution in [0.5, 0.6) is 0 Å². The molecule has 1 fully saturated rings. The Hall–Kier alpha value is -0.0800. The highest BCUT2D eigenvalue weighted by Gasteiger charge is 2.26. The molecule has 1 rings (SSSR count). The average Bonchev–Trinajstić information content (AvgIpc) is 2.08. The van der Waals surface area contributed by atoms with Crippen LogP contribution in [0.4, 0.5) is 0 Å². The van der Waals surface area contributed by atoms with Crippen molar-refractivity contribution >= 4 is 0 Å². The lowest BCUT2D eigenvalue weighted by molar-refractivity contribution is 0.166. The third-order valence-corrected chi connectivity index (χ3v) is 2.49. The smallest absolute Gasteiger partial charge is 0.0278 e. The van der Waals surface area contributed by atoms with Crippen LogP contribution in [-0.2, 0) is 0 Å². The van der Waals surface area contributed by atoms with Gasteiger partial charge in [-0.2, -0.15) is 0 Å². The summed E-state index contributed by atoms with van der Waals surface area (Å²) in [6.07, 6.45) is 2.64. The molecular formula is C10H24N2. The molecule has 0 aromatic carbocycles. The van der Waals surface area contributed by atoms with Crippen molar-refractivity contribution in [2.75, 3.05) is 27.2 Å². The quantitative estimate of drug-likeness (QED) is 0.648. The minimum Gasteiger partial charge on any atom is -0.313 e. The second-order valence-corrected chi connectivity index (χ2v) is 3.65. The Morgan fingerprint density at radius 2 is 1.92 bits per heavy atom. The minimum absolute atomic E-state index is 0.368. The summed E-state index contributed by atoms with van der Waals surface area (Å²) in [4.78, 5) is 2.39. The monoisotopic (exact) mass is 172 g/mol. The van der Waals surface area contributed by atoms with Crippen LogP contribution in [0.3, 0.4) is 0 Å². The maximum Gasteiger partial charge on any atom is 0.0278 e. The predicted octanol–water partition coefficient (Wildman–Crippen LogP) is 1.72. The summed E-state index contributed by atoms with van der Waals surface area (Å²) in [6.45, 7) is 8.74. The molecule has 0 radical (unpaired) electrons. The van der Waals surface area contributed by atoms with Crippen LogP contribution < -0.4 is 5.32 Å². The van der Waals surface area contributed by atoms with Crippen molar-refractivity contribution < 1.29 is 0 Å². The Bertz CT molecular complexity index is 114. The lowest BCUT2D eigenvalue weighted by Gasteiger charge is -2.38. The molecule has 0 aliphatic carbocycles. The molecule has 1 N–H and O–H groups in total. The first-order valence-corrected chi connectivity index (χ1v) is 5.04. The number of likely N-dealkylation sites (N-methyl/N-ethyl adjacent to an activating group) is 2. The second-order valence-electron chi connectivity index (χ2n) is 3.65.